The van der Waals surface area contributed by atoms with Crippen LogP contribution in [-0.4, -0.2) is 13.7 Å². The summed E-state index contributed by atoms with van der Waals surface area (Å²) in [5.74, 6) is -0.746. The van der Waals surface area contributed by atoms with Crippen LogP contribution >= 0.6 is 11.6 Å². The Labute approximate surface area is 152 Å². The number of hydrogen-bond acceptors (Lipinski definition) is 2. The molecule has 1 atom stereocenters. The van der Waals surface area contributed by atoms with E-state index in [0.717, 1.165) is 22.3 Å². The zero-order valence-electron chi connectivity index (χ0n) is 13.4. The number of rotatable bonds is 4. The summed E-state index contributed by atoms with van der Waals surface area (Å²) in [6, 6.07) is 12.2. The molecule has 0 bridgehead atoms. The minimum absolute atomic E-state index is 0.206. The molecule has 0 aliphatic carbocycles. The Balaban J connectivity index is 2.08. The van der Waals surface area contributed by atoms with E-state index >= 15 is 0 Å². The maximum Gasteiger partial charge on any atom is 0.157 e. The molecule has 0 fully saturated rings. The molecule has 3 aromatic rings. The molecular weight excluding hydrogens is 361 g/mol. The molecule has 6 heteroatoms. The molecule has 3 rings (SSSR count). The first kappa shape index (κ1) is 17.7. The third-order valence-corrected chi connectivity index (χ3v) is 4.92. The van der Waals surface area contributed by atoms with Crippen LogP contribution in [0.4, 0.5) is 4.39 Å². The molecule has 128 valence electrons. The van der Waals surface area contributed by atoms with E-state index in [-0.39, 0.29) is 11.3 Å². The van der Waals surface area contributed by atoms with Crippen molar-refractivity contribution < 1.29 is 13.2 Å². The molecule has 25 heavy (non-hydrogen) atoms. The molecule has 0 aliphatic heterocycles. The summed E-state index contributed by atoms with van der Waals surface area (Å²) in [4.78, 5) is 4.15. The number of halogens is 2. The van der Waals surface area contributed by atoms with Gasteiger partial charge in [0.25, 0.3) is 0 Å². The van der Waals surface area contributed by atoms with Crippen LogP contribution in [0, 0.1) is 12.7 Å². The van der Waals surface area contributed by atoms with Crippen LogP contribution in [0.25, 0.3) is 22.3 Å². The van der Waals surface area contributed by atoms with Crippen molar-refractivity contribution in [3.05, 3.63) is 76.8 Å². The first-order valence-corrected chi connectivity index (χ1v) is 9.18. The molecule has 1 aromatic heterocycles. The van der Waals surface area contributed by atoms with Crippen LogP contribution in [0.3, 0.4) is 0 Å². The van der Waals surface area contributed by atoms with Gasteiger partial charge in [0.1, 0.15) is 5.82 Å². The molecule has 0 saturated heterocycles. The molecule has 1 unspecified atom stereocenters. The first-order chi connectivity index (χ1) is 12.0. The molecule has 0 saturated carbocycles. The fourth-order valence-corrected chi connectivity index (χ4v) is 3.27. The smallest absolute Gasteiger partial charge is 0.157 e. The lowest BCUT2D eigenvalue weighted by atomic mass is 9.95. The molecule has 2 aromatic carbocycles. The van der Waals surface area contributed by atoms with Gasteiger partial charge in [0, 0.05) is 28.5 Å². The molecule has 1 N–H and O–H groups in total. The summed E-state index contributed by atoms with van der Waals surface area (Å²) in [5.41, 5.74) is 4.46. The highest BCUT2D eigenvalue weighted by Crippen LogP contribution is 2.33. The highest BCUT2D eigenvalue weighted by atomic mass is 35.5. The SMILES string of the molecule is Cc1cc(-c2ccncc2-c2ccc(CS(=O)O)c(F)c2)ccc1Cl. The second-order valence-electron chi connectivity index (χ2n) is 5.66. The number of benzene rings is 2. The largest absolute Gasteiger partial charge is 0.306 e. The van der Waals surface area contributed by atoms with Crippen molar-refractivity contribution >= 4 is 22.7 Å². The van der Waals surface area contributed by atoms with Gasteiger partial charge in [0.2, 0.25) is 0 Å². The van der Waals surface area contributed by atoms with Gasteiger partial charge < -0.3 is 4.55 Å². The van der Waals surface area contributed by atoms with Crippen LogP contribution in [0.1, 0.15) is 11.1 Å². The van der Waals surface area contributed by atoms with Gasteiger partial charge in [0.15, 0.2) is 11.1 Å². The van der Waals surface area contributed by atoms with Gasteiger partial charge in [-0.05, 0) is 53.4 Å². The van der Waals surface area contributed by atoms with E-state index in [1.54, 1.807) is 18.5 Å². The van der Waals surface area contributed by atoms with Crippen molar-refractivity contribution in [1.82, 2.24) is 4.98 Å². The molecular formula is C19H15ClFNO2S. The lowest BCUT2D eigenvalue weighted by molar-refractivity contribution is 0.559. The van der Waals surface area contributed by atoms with Gasteiger partial charge >= 0.3 is 0 Å². The van der Waals surface area contributed by atoms with Crippen molar-refractivity contribution in [2.75, 3.05) is 0 Å². The lowest BCUT2D eigenvalue weighted by Gasteiger charge is -2.12. The van der Waals surface area contributed by atoms with Crippen molar-refractivity contribution in [2.45, 2.75) is 12.7 Å². The zero-order chi connectivity index (χ0) is 18.0. The zero-order valence-corrected chi connectivity index (χ0v) is 14.9. The molecule has 3 nitrogen and oxygen atoms in total. The normalized spacial score (nSPS) is 12.2. The van der Waals surface area contributed by atoms with Crippen molar-refractivity contribution in [2.24, 2.45) is 0 Å². The van der Waals surface area contributed by atoms with Crippen LogP contribution in [0.5, 0.6) is 0 Å². The first-order valence-electron chi connectivity index (χ1n) is 7.52. The van der Waals surface area contributed by atoms with Crippen LogP contribution in [0.2, 0.25) is 5.02 Å². The van der Waals surface area contributed by atoms with Crippen molar-refractivity contribution in [3.8, 4) is 22.3 Å². The average Bonchev–Trinajstić information content (AvgIpc) is 2.59. The standard InChI is InChI=1S/C19H15ClFNO2S/c1-12-8-13(4-5-18(12)20)16-6-7-22-10-17(16)14-2-3-15(11-25(23)24)19(21)9-14/h2-10H,11H2,1H3,(H,23,24). The number of aromatic nitrogens is 1. The quantitative estimate of drug-likeness (QED) is 0.634. The van der Waals surface area contributed by atoms with Crippen LogP contribution in [0.15, 0.2) is 54.9 Å². The van der Waals surface area contributed by atoms with Gasteiger partial charge in [0.05, 0.1) is 5.75 Å². The average molecular weight is 376 g/mol. The minimum atomic E-state index is -2.08. The Morgan fingerprint density at radius 1 is 1.12 bits per heavy atom. The maximum absolute atomic E-state index is 14.3. The molecule has 0 spiro atoms. The van der Waals surface area contributed by atoms with E-state index in [4.69, 9.17) is 16.2 Å². The summed E-state index contributed by atoms with van der Waals surface area (Å²) in [7, 11) is 0. The van der Waals surface area contributed by atoms with E-state index in [1.807, 2.05) is 31.2 Å². The van der Waals surface area contributed by atoms with Crippen LogP contribution in [-0.2, 0) is 16.8 Å². The molecule has 0 aliphatic rings. The highest BCUT2D eigenvalue weighted by molar-refractivity contribution is 7.78. The van der Waals surface area contributed by atoms with Gasteiger partial charge in [-0.3, -0.25) is 4.98 Å². The summed E-state index contributed by atoms with van der Waals surface area (Å²) in [6.07, 6.45) is 3.36. The number of nitrogens with zero attached hydrogens (tertiary/aromatic N) is 1. The van der Waals surface area contributed by atoms with E-state index in [1.165, 1.54) is 12.1 Å². The minimum Gasteiger partial charge on any atom is -0.306 e. The topological polar surface area (TPSA) is 50.2 Å². The van der Waals surface area contributed by atoms with E-state index < -0.39 is 16.9 Å². The molecule has 1 heterocycles. The van der Waals surface area contributed by atoms with Crippen molar-refractivity contribution in [3.63, 3.8) is 0 Å². The second kappa shape index (κ2) is 7.44. The summed E-state index contributed by atoms with van der Waals surface area (Å²) in [5, 5.41) is 0.687. The predicted octanol–water partition coefficient (Wildman–Crippen LogP) is 5.24. The van der Waals surface area contributed by atoms with E-state index in [9.17, 15) is 8.60 Å². The Hall–Kier alpha value is -2.08. The third kappa shape index (κ3) is 3.95. The molecule has 0 radical (unpaired) electrons. The van der Waals surface area contributed by atoms with Gasteiger partial charge in [-0.2, -0.15) is 0 Å². The molecule has 0 amide bonds. The Bertz CT molecular complexity index is 962. The summed E-state index contributed by atoms with van der Waals surface area (Å²) in [6.45, 7) is 1.93. The van der Waals surface area contributed by atoms with Gasteiger partial charge in [-0.1, -0.05) is 29.8 Å². The number of pyridine rings is 1. The monoisotopic (exact) mass is 375 g/mol. The number of hydrogen-bond donors (Lipinski definition) is 1. The highest BCUT2D eigenvalue weighted by Gasteiger charge is 2.12. The maximum atomic E-state index is 14.3. The predicted molar refractivity (Wildman–Crippen MR) is 99.3 cm³/mol. The van der Waals surface area contributed by atoms with Crippen LogP contribution < -0.4 is 0 Å². The summed E-state index contributed by atoms with van der Waals surface area (Å²) < 4.78 is 34.1. The lowest BCUT2D eigenvalue weighted by Crippen LogP contribution is -1.97. The van der Waals surface area contributed by atoms with E-state index in [0.29, 0.717) is 10.6 Å². The fourth-order valence-electron chi connectivity index (χ4n) is 2.65. The Morgan fingerprint density at radius 3 is 2.52 bits per heavy atom. The Morgan fingerprint density at radius 2 is 1.84 bits per heavy atom. The fraction of sp³-hybridized carbons (Fsp3) is 0.105. The van der Waals surface area contributed by atoms with E-state index in [2.05, 4.69) is 4.98 Å². The second-order valence-corrected chi connectivity index (χ2v) is 7.00. The summed E-state index contributed by atoms with van der Waals surface area (Å²) >= 11 is 4.02. The third-order valence-electron chi connectivity index (χ3n) is 3.93. The van der Waals surface area contributed by atoms with Gasteiger partial charge in [-0.15, -0.1) is 0 Å². The Kier molecular flexibility index (Phi) is 5.27. The van der Waals surface area contributed by atoms with Crippen molar-refractivity contribution in [1.29, 1.82) is 0 Å². The number of aryl methyl sites for hydroxylation is 1. The van der Waals surface area contributed by atoms with Gasteiger partial charge in [-0.25, -0.2) is 8.60 Å².